The molecule has 1 aromatic rings. The molecular weight excluding hydrogens is 142 g/mol. The number of fused-ring (bicyclic) bond motifs is 1. The summed E-state index contributed by atoms with van der Waals surface area (Å²) in [5.41, 5.74) is 4.73. The Bertz CT molecular complexity index is 307. The van der Waals surface area contributed by atoms with Crippen molar-refractivity contribution in [2.75, 3.05) is 0 Å². The number of thiazole rings is 1. The lowest BCUT2D eigenvalue weighted by molar-refractivity contribution is -0.561. The van der Waals surface area contributed by atoms with E-state index in [2.05, 4.69) is 40.7 Å². The first kappa shape index (κ1) is 5.86. The summed E-state index contributed by atoms with van der Waals surface area (Å²) in [5, 5.41) is 2.16. The maximum Gasteiger partial charge on any atom is 0.230 e. The number of allylic oxidation sites excluding steroid dienone is 3. The Morgan fingerprint density at radius 2 is 2.50 bits per heavy atom. The van der Waals surface area contributed by atoms with Crippen molar-refractivity contribution in [1.29, 1.82) is 0 Å². The number of aromatic nitrogens is 1. The van der Waals surface area contributed by atoms with Gasteiger partial charge in [0.1, 0.15) is 0 Å². The Kier molecular flexibility index (Phi) is 1.21. The normalized spacial score (nSPS) is 18.3. The van der Waals surface area contributed by atoms with Crippen molar-refractivity contribution in [2.45, 2.75) is 6.92 Å². The van der Waals surface area contributed by atoms with Crippen LogP contribution in [0, 0.1) is 0 Å². The first-order chi connectivity index (χ1) is 4.92. The Morgan fingerprint density at radius 3 is 3.30 bits per heavy atom. The van der Waals surface area contributed by atoms with Crippen LogP contribution in [0.2, 0.25) is 0 Å². The minimum atomic E-state index is 1.31. The molecule has 1 aliphatic rings. The molecule has 2 heterocycles. The van der Waals surface area contributed by atoms with Crippen molar-refractivity contribution in [3.05, 3.63) is 28.7 Å². The summed E-state index contributed by atoms with van der Waals surface area (Å²) < 4.78 is 2.14. The van der Waals surface area contributed by atoms with Crippen LogP contribution in [0.1, 0.15) is 12.6 Å². The molecule has 0 saturated heterocycles. The fraction of sp³-hybridized carbons (Fsp3) is 0.125. The largest absolute Gasteiger partial charge is 0.230 e. The van der Waals surface area contributed by atoms with Gasteiger partial charge in [-0.1, -0.05) is 17.4 Å². The van der Waals surface area contributed by atoms with Gasteiger partial charge in [-0.2, -0.15) is 4.57 Å². The highest BCUT2D eigenvalue weighted by molar-refractivity contribution is 7.07. The molecule has 50 valence electrons. The second-order valence-corrected chi connectivity index (χ2v) is 2.93. The highest BCUT2D eigenvalue weighted by atomic mass is 32.1. The highest BCUT2D eigenvalue weighted by Crippen LogP contribution is 2.18. The number of rotatable bonds is 0. The van der Waals surface area contributed by atoms with Crippen molar-refractivity contribution in [1.82, 2.24) is 0 Å². The third kappa shape index (κ3) is 0.656. The van der Waals surface area contributed by atoms with E-state index >= 15 is 0 Å². The standard InChI is InChI=1S/C8H8NS/c1-2-7-3-4-9-6-10-5-8(7)9/h2-6H,1H3/q+1. The molecule has 0 fully saturated rings. The third-order valence-corrected chi connectivity index (χ3v) is 2.36. The molecular formula is C8H8NS+. The van der Waals surface area contributed by atoms with Gasteiger partial charge in [0.2, 0.25) is 11.2 Å². The first-order valence-corrected chi connectivity index (χ1v) is 4.18. The first-order valence-electron chi connectivity index (χ1n) is 3.24. The quantitative estimate of drug-likeness (QED) is 0.497. The lowest BCUT2D eigenvalue weighted by atomic mass is 10.2. The maximum atomic E-state index is 2.16. The summed E-state index contributed by atoms with van der Waals surface area (Å²) in [5.74, 6) is 0. The summed E-state index contributed by atoms with van der Waals surface area (Å²) in [4.78, 5) is 0. The van der Waals surface area contributed by atoms with Gasteiger partial charge in [-0.05, 0) is 6.92 Å². The molecule has 0 aliphatic carbocycles. The molecule has 1 aliphatic heterocycles. The summed E-state index contributed by atoms with van der Waals surface area (Å²) in [6.45, 7) is 2.06. The third-order valence-electron chi connectivity index (χ3n) is 1.65. The zero-order valence-electron chi connectivity index (χ0n) is 5.74. The Morgan fingerprint density at radius 1 is 1.60 bits per heavy atom. The van der Waals surface area contributed by atoms with E-state index in [1.54, 1.807) is 11.3 Å². The van der Waals surface area contributed by atoms with Crippen molar-refractivity contribution >= 4 is 23.1 Å². The van der Waals surface area contributed by atoms with Gasteiger partial charge in [0.15, 0.2) is 6.20 Å². The fourth-order valence-corrected chi connectivity index (χ4v) is 1.86. The van der Waals surface area contributed by atoms with E-state index < -0.39 is 0 Å². The predicted molar refractivity (Wildman–Crippen MR) is 43.5 cm³/mol. The molecule has 0 unspecified atom stereocenters. The molecule has 1 nitrogen and oxygen atoms in total. The zero-order valence-corrected chi connectivity index (χ0v) is 6.56. The molecule has 0 N–H and O–H groups in total. The summed E-state index contributed by atoms with van der Waals surface area (Å²) in [6.07, 6.45) is 6.34. The number of nitrogens with zero attached hydrogens (tertiary/aromatic N) is 1. The molecule has 0 amide bonds. The summed E-state index contributed by atoms with van der Waals surface area (Å²) >= 11 is 1.73. The van der Waals surface area contributed by atoms with Crippen LogP contribution in [-0.4, -0.2) is 0 Å². The van der Waals surface area contributed by atoms with Crippen LogP contribution in [0.3, 0.4) is 0 Å². The minimum Gasteiger partial charge on any atom is -0.156 e. The molecule has 10 heavy (non-hydrogen) atoms. The molecule has 0 atom stereocenters. The van der Waals surface area contributed by atoms with Crippen LogP contribution in [0.4, 0.5) is 0 Å². The van der Waals surface area contributed by atoms with Gasteiger partial charge in [-0.25, -0.2) is 0 Å². The average molecular weight is 150 g/mol. The lowest BCUT2D eigenvalue weighted by Crippen LogP contribution is -2.22. The lowest BCUT2D eigenvalue weighted by Gasteiger charge is -1.81. The van der Waals surface area contributed by atoms with Gasteiger partial charge < -0.3 is 0 Å². The van der Waals surface area contributed by atoms with E-state index in [-0.39, 0.29) is 0 Å². The Labute approximate surface area is 63.9 Å². The van der Waals surface area contributed by atoms with Crippen LogP contribution in [0.15, 0.2) is 23.0 Å². The molecule has 0 aromatic carbocycles. The topological polar surface area (TPSA) is 3.88 Å². The SMILES string of the molecule is CC=C1C=C[n+]2cscc21. The van der Waals surface area contributed by atoms with Crippen molar-refractivity contribution < 1.29 is 4.57 Å². The van der Waals surface area contributed by atoms with Gasteiger partial charge in [-0.3, -0.25) is 0 Å². The maximum absolute atomic E-state index is 2.16. The van der Waals surface area contributed by atoms with Crippen molar-refractivity contribution in [3.8, 4) is 0 Å². The van der Waals surface area contributed by atoms with Crippen LogP contribution in [0.5, 0.6) is 0 Å². The fourth-order valence-electron chi connectivity index (χ4n) is 1.10. The van der Waals surface area contributed by atoms with Crippen LogP contribution < -0.4 is 4.57 Å². The van der Waals surface area contributed by atoms with Gasteiger partial charge in [0.25, 0.3) is 0 Å². The van der Waals surface area contributed by atoms with Gasteiger partial charge in [0.05, 0.1) is 5.38 Å². The second kappa shape index (κ2) is 2.06. The molecule has 0 radical (unpaired) electrons. The zero-order chi connectivity index (χ0) is 6.97. The summed E-state index contributed by atoms with van der Waals surface area (Å²) in [6, 6.07) is 0. The molecule has 1 aromatic heterocycles. The second-order valence-electron chi connectivity index (χ2n) is 2.21. The molecule has 2 heteroatoms. The highest BCUT2D eigenvalue weighted by Gasteiger charge is 2.18. The van der Waals surface area contributed by atoms with E-state index in [4.69, 9.17) is 0 Å². The number of hydrogen-bond acceptors (Lipinski definition) is 1. The average Bonchev–Trinajstić information content (AvgIpc) is 2.44. The van der Waals surface area contributed by atoms with E-state index in [1.807, 2.05) is 0 Å². The van der Waals surface area contributed by atoms with Gasteiger partial charge in [0, 0.05) is 11.6 Å². The Hall–Kier alpha value is -0.890. The van der Waals surface area contributed by atoms with E-state index in [1.165, 1.54) is 11.3 Å². The Balaban J connectivity index is 2.63. The molecule has 0 spiro atoms. The number of hydrogen-bond donors (Lipinski definition) is 0. The van der Waals surface area contributed by atoms with Crippen LogP contribution in [-0.2, 0) is 0 Å². The van der Waals surface area contributed by atoms with Crippen molar-refractivity contribution in [3.63, 3.8) is 0 Å². The van der Waals surface area contributed by atoms with Gasteiger partial charge >= 0.3 is 0 Å². The van der Waals surface area contributed by atoms with Gasteiger partial charge in [-0.15, -0.1) is 0 Å². The van der Waals surface area contributed by atoms with Crippen LogP contribution in [0.25, 0.3) is 11.8 Å². The summed E-state index contributed by atoms with van der Waals surface area (Å²) in [7, 11) is 0. The minimum absolute atomic E-state index is 1.31. The molecule has 2 rings (SSSR count). The molecule has 0 bridgehead atoms. The van der Waals surface area contributed by atoms with E-state index in [0.717, 1.165) is 0 Å². The van der Waals surface area contributed by atoms with E-state index in [9.17, 15) is 0 Å². The smallest absolute Gasteiger partial charge is 0.156 e. The predicted octanol–water partition coefficient (Wildman–Crippen LogP) is 1.92. The van der Waals surface area contributed by atoms with Crippen molar-refractivity contribution in [2.24, 2.45) is 0 Å². The van der Waals surface area contributed by atoms with Crippen LogP contribution >= 0.6 is 11.3 Å². The monoisotopic (exact) mass is 150 g/mol. The van der Waals surface area contributed by atoms with E-state index in [0.29, 0.717) is 0 Å². The molecule has 0 saturated carbocycles.